The van der Waals surface area contributed by atoms with Gasteiger partial charge in [0.2, 0.25) is 11.8 Å². The van der Waals surface area contributed by atoms with Crippen LogP contribution in [-0.2, 0) is 16.1 Å². The fourth-order valence-electron chi connectivity index (χ4n) is 4.87. The number of nitrogens with zero attached hydrogens (tertiary/aromatic N) is 5. The van der Waals surface area contributed by atoms with Crippen LogP contribution in [0.15, 0.2) is 41.5 Å². The summed E-state index contributed by atoms with van der Waals surface area (Å²) < 4.78 is 1.91. The number of hydrogen-bond donors (Lipinski definition) is 2. The number of nitrogens with one attached hydrogen (secondary N) is 2. The van der Waals surface area contributed by atoms with Gasteiger partial charge in [-0.3, -0.25) is 23.9 Å². The quantitative estimate of drug-likeness (QED) is 0.199. The lowest BCUT2D eigenvalue weighted by Crippen LogP contribution is -2.43. The van der Waals surface area contributed by atoms with Crippen molar-refractivity contribution in [3.05, 3.63) is 42.4 Å². The van der Waals surface area contributed by atoms with E-state index in [4.69, 9.17) is 0 Å². The predicted octanol–water partition coefficient (Wildman–Crippen LogP) is 0.819. The molecular formula is C20H24IN7O2. The van der Waals surface area contributed by atoms with Crippen LogP contribution in [0.1, 0.15) is 12.2 Å². The van der Waals surface area contributed by atoms with Crippen molar-refractivity contribution in [2.45, 2.75) is 13.0 Å². The van der Waals surface area contributed by atoms with Gasteiger partial charge in [-0.15, -0.1) is 34.2 Å². The molecule has 158 valence electrons. The first-order chi connectivity index (χ1) is 14.2. The smallest absolute Gasteiger partial charge is 0.233 e. The third-order valence-electron chi connectivity index (χ3n) is 6.21. The third kappa shape index (κ3) is 3.36. The molecule has 2 amide bonds. The minimum atomic E-state index is -0.142. The maximum absolute atomic E-state index is 12.7. The Morgan fingerprint density at radius 3 is 2.57 bits per heavy atom. The van der Waals surface area contributed by atoms with Gasteiger partial charge in [-0.05, 0) is 30.4 Å². The molecule has 10 heteroatoms. The molecule has 9 nitrogen and oxygen atoms in total. The number of aromatic nitrogens is 3. The lowest BCUT2D eigenvalue weighted by molar-refractivity contribution is -0.140. The number of guanidine groups is 1. The Hall–Kier alpha value is -2.50. The highest BCUT2D eigenvalue weighted by molar-refractivity contribution is 14.0. The summed E-state index contributed by atoms with van der Waals surface area (Å²) in [5, 5.41) is 14.7. The number of pyridine rings is 1. The van der Waals surface area contributed by atoms with Gasteiger partial charge in [-0.1, -0.05) is 18.2 Å². The average molecular weight is 521 g/mol. The number of carbonyl (C=O) groups excluding carboxylic acids is 2. The van der Waals surface area contributed by atoms with Gasteiger partial charge in [0.05, 0.1) is 18.4 Å². The number of hydrogen-bond acceptors (Lipinski definition) is 5. The lowest BCUT2D eigenvalue weighted by atomic mass is 9.85. The van der Waals surface area contributed by atoms with Crippen molar-refractivity contribution in [3.8, 4) is 0 Å². The van der Waals surface area contributed by atoms with Crippen LogP contribution < -0.4 is 10.6 Å². The number of amides is 2. The van der Waals surface area contributed by atoms with Gasteiger partial charge in [0.15, 0.2) is 17.4 Å². The van der Waals surface area contributed by atoms with E-state index < -0.39 is 0 Å². The van der Waals surface area contributed by atoms with E-state index in [1.165, 1.54) is 4.90 Å². The second-order valence-corrected chi connectivity index (χ2v) is 7.73. The Labute approximate surface area is 191 Å². The maximum atomic E-state index is 12.7. The van der Waals surface area contributed by atoms with E-state index in [9.17, 15) is 9.59 Å². The zero-order valence-electron chi connectivity index (χ0n) is 16.6. The number of aliphatic imine (C=N–C) groups is 1. The first-order valence-electron chi connectivity index (χ1n) is 9.94. The van der Waals surface area contributed by atoms with Crippen molar-refractivity contribution in [1.82, 2.24) is 30.1 Å². The molecule has 0 spiro atoms. The van der Waals surface area contributed by atoms with E-state index in [0.29, 0.717) is 25.6 Å². The summed E-state index contributed by atoms with van der Waals surface area (Å²) >= 11 is 0. The fraction of sp³-hybridized carbons (Fsp3) is 0.450. The molecule has 3 heterocycles. The molecule has 0 aromatic carbocycles. The molecule has 2 fully saturated rings. The SMILES string of the molecule is CN=C(NCCN1C(=O)C2C3C=CC(C3)C2C1=O)NCc1nnc2ccccn12.I. The first-order valence-corrected chi connectivity index (χ1v) is 9.94. The van der Waals surface area contributed by atoms with Crippen LogP contribution in [0.2, 0.25) is 0 Å². The van der Waals surface area contributed by atoms with E-state index >= 15 is 0 Å². The predicted molar refractivity (Wildman–Crippen MR) is 121 cm³/mol. The normalized spacial score (nSPS) is 27.0. The van der Waals surface area contributed by atoms with Crippen LogP contribution in [0.3, 0.4) is 0 Å². The van der Waals surface area contributed by atoms with Gasteiger partial charge >= 0.3 is 0 Å². The summed E-state index contributed by atoms with van der Waals surface area (Å²) in [6, 6.07) is 5.73. The van der Waals surface area contributed by atoms with Gasteiger partial charge in [0.1, 0.15) is 0 Å². The molecular weight excluding hydrogens is 497 g/mol. The Balaban J connectivity index is 0.00000218. The molecule has 2 aromatic heterocycles. The van der Waals surface area contributed by atoms with Crippen molar-refractivity contribution in [1.29, 1.82) is 0 Å². The first kappa shape index (κ1) is 20.8. The number of halogens is 1. The summed E-state index contributed by atoms with van der Waals surface area (Å²) in [5.74, 6) is 1.52. The van der Waals surface area contributed by atoms with Crippen molar-refractivity contribution < 1.29 is 9.59 Å². The van der Waals surface area contributed by atoms with Crippen LogP contribution in [0.5, 0.6) is 0 Å². The molecule has 2 aromatic rings. The van der Waals surface area contributed by atoms with Gasteiger partial charge < -0.3 is 10.6 Å². The number of allylic oxidation sites excluding steroid dienone is 2. The van der Waals surface area contributed by atoms with Gasteiger partial charge in [0, 0.05) is 26.3 Å². The standard InChI is InChI=1S/C20H23N7O2.HI/c1-21-20(23-11-15-25-24-14-4-2-3-8-26(14)15)22-7-9-27-18(28)16-12-5-6-13(10-12)17(16)19(27)29;/h2-6,8,12-13,16-17H,7,9-11H2,1H3,(H2,21,22,23);1H. The fourth-order valence-corrected chi connectivity index (χ4v) is 4.87. The monoisotopic (exact) mass is 521 g/mol. The number of carbonyl (C=O) groups is 2. The van der Waals surface area contributed by atoms with Gasteiger partial charge in [-0.2, -0.15) is 0 Å². The van der Waals surface area contributed by atoms with E-state index in [1.807, 2.05) is 28.8 Å². The molecule has 30 heavy (non-hydrogen) atoms. The van der Waals surface area contributed by atoms with Gasteiger partial charge in [0.25, 0.3) is 0 Å². The Morgan fingerprint density at radius 1 is 1.13 bits per heavy atom. The minimum Gasteiger partial charge on any atom is -0.355 e. The topological polar surface area (TPSA) is 104 Å². The molecule has 4 unspecified atom stereocenters. The molecule has 1 aliphatic heterocycles. The second-order valence-electron chi connectivity index (χ2n) is 7.73. The molecule has 1 saturated carbocycles. The molecule has 1 saturated heterocycles. The molecule has 2 bridgehead atoms. The largest absolute Gasteiger partial charge is 0.355 e. The molecule has 5 rings (SSSR count). The Bertz CT molecular complexity index is 1000. The molecule has 3 aliphatic rings. The highest BCUT2D eigenvalue weighted by Crippen LogP contribution is 2.52. The van der Waals surface area contributed by atoms with Crippen molar-refractivity contribution in [2.24, 2.45) is 28.7 Å². The Morgan fingerprint density at radius 2 is 1.87 bits per heavy atom. The van der Waals surface area contributed by atoms with E-state index in [2.05, 4.69) is 38.0 Å². The summed E-state index contributed by atoms with van der Waals surface area (Å²) in [7, 11) is 1.68. The highest BCUT2D eigenvalue weighted by atomic mass is 127. The molecule has 4 atom stereocenters. The van der Waals surface area contributed by atoms with Crippen molar-refractivity contribution in [3.63, 3.8) is 0 Å². The number of likely N-dealkylation sites (tertiary alicyclic amines) is 1. The molecule has 2 N–H and O–H groups in total. The van der Waals surface area contributed by atoms with Crippen LogP contribution in [0.4, 0.5) is 0 Å². The van der Waals surface area contributed by atoms with Crippen LogP contribution in [0.25, 0.3) is 5.65 Å². The summed E-state index contributed by atoms with van der Waals surface area (Å²) in [5.41, 5.74) is 0.785. The van der Waals surface area contributed by atoms with E-state index in [0.717, 1.165) is 17.9 Å². The average Bonchev–Trinajstić information content (AvgIpc) is 3.50. The van der Waals surface area contributed by atoms with Crippen molar-refractivity contribution >= 4 is 47.4 Å². The Kier molecular flexibility index (Phi) is 5.76. The minimum absolute atomic E-state index is 0. The molecule has 0 radical (unpaired) electrons. The van der Waals surface area contributed by atoms with Gasteiger partial charge in [-0.25, -0.2) is 0 Å². The van der Waals surface area contributed by atoms with E-state index in [-0.39, 0.29) is 59.5 Å². The van der Waals surface area contributed by atoms with Crippen LogP contribution in [-0.4, -0.2) is 57.4 Å². The van der Waals surface area contributed by atoms with Crippen molar-refractivity contribution in [2.75, 3.05) is 20.1 Å². The number of rotatable bonds is 5. The third-order valence-corrected chi connectivity index (χ3v) is 6.21. The number of imide groups is 1. The molecule has 2 aliphatic carbocycles. The zero-order valence-corrected chi connectivity index (χ0v) is 18.9. The summed E-state index contributed by atoms with van der Waals surface area (Å²) in [4.78, 5) is 31.1. The highest BCUT2D eigenvalue weighted by Gasteiger charge is 2.58. The van der Waals surface area contributed by atoms with Crippen LogP contribution in [0, 0.1) is 23.7 Å². The van der Waals surface area contributed by atoms with E-state index in [1.54, 1.807) is 7.05 Å². The van der Waals surface area contributed by atoms with Crippen LogP contribution >= 0.6 is 24.0 Å². The zero-order chi connectivity index (χ0) is 20.0. The number of fused-ring (bicyclic) bond motifs is 6. The maximum Gasteiger partial charge on any atom is 0.233 e. The lowest BCUT2D eigenvalue weighted by Gasteiger charge is -2.18. The summed E-state index contributed by atoms with van der Waals surface area (Å²) in [6.45, 7) is 1.24. The summed E-state index contributed by atoms with van der Waals surface area (Å²) in [6.07, 6.45) is 7.08. The second kappa shape index (κ2) is 8.32.